The SMILES string of the molecule is CCCCC(N)c1cccc(S)c1. The van der Waals surface area contributed by atoms with E-state index in [1.807, 2.05) is 18.2 Å². The van der Waals surface area contributed by atoms with Gasteiger partial charge in [0.05, 0.1) is 0 Å². The molecular formula is C11H17NS. The van der Waals surface area contributed by atoms with E-state index in [9.17, 15) is 0 Å². The molecule has 0 radical (unpaired) electrons. The average molecular weight is 195 g/mol. The Morgan fingerprint density at radius 3 is 2.85 bits per heavy atom. The van der Waals surface area contributed by atoms with Gasteiger partial charge in [-0.25, -0.2) is 0 Å². The van der Waals surface area contributed by atoms with Crippen molar-refractivity contribution in [3.8, 4) is 0 Å². The molecule has 72 valence electrons. The lowest BCUT2D eigenvalue weighted by atomic mass is 10.0. The molecule has 0 aliphatic carbocycles. The van der Waals surface area contributed by atoms with Crippen LogP contribution in [0, 0.1) is 0 Å². The quantitative estimate of drug-likeness (QED) is 0.709. The van der Waals surface area contributed by atoms with E-state index >= 15 is 0 Å². The van der Waals surface area contributed by atoms with Crippen molar-refractivity contribution < 1.29 is 0 Å². The predicted molar refractivity (Wildman–Crippen MR) is 60.1 cm³/mol. The van der Waals surface area contributed by atoms with E-state index < -0.39 is 0 Å². The van der Waals surface area contributed by atoms with E-state index in [0.717, 1.165) is 11.3 Å². The van der Waals surface area contributed by atoms with Crippen LogP contribution in [0.4, 0.5) is 0 Å². The summed E-state index contributed by atoms with van der Waals surface area (Å²) in [6, 6.07) is 8.26. The van der Waals surface area contributed by atoms with Gasteiger partial charge in [-0.2, -0.15) is 0 Å². The second-order valence-corrected chi connectivity index (χ2v) is 3.86. The van der Waals surface area contributed by atoms with Crippen LogP contribution < -0.4 is 5.73 Å². The van der Waals surface area contributed by atoms with Crippen LogP contribution >= 0.6 is 12.6 Å². The van der Waals surface area contributed by atoms with Gasteiger partial charge in [0.25, 0.3) is 0 Å². The first-order valence-electron chi connectivity index (χ1n) is 4.78. The molecule has 1 aromatic carbocycles. The molecule has 0 aliphatic rings. The summed E-state index contributed by atoms with van der Waals surface area (Å²) in [5.41, 5.74) is 7.21. The minimum absolute atomic E-state index is 0.173. The van der Waals surface area contributed by atoms with Gasteiger partial charge in [-0.15, -0.1) is 12.6 Å². The summed E-state index contributed by atoms with van der Waals surface area (Å²) in [4.78, 5) is 0.990. The van der Waals surface area contributed by atoms with Crippen molar-refractivity contribution in [1.82, 2.24) is 0 Å². The molecule has 0 fully saturated rings. The zero-order valence-corrected chi connectivity index (χ0v) is 8.93. The second-order valence-electron chi connectivity index (χ2n) is 3.34. The van der Waals surface area contributed by atoms with E-state index in [0.29, 0.717) is 0 Å². The Bertz CT molecular complexity index is 260. The molecule has 2 N–H and O–H groups in total. The Labute approximate surface area is 85.8 Å². The lowest BCUT2D eigenvalue weighted by Crippen LogP contribution is -2.09. The minimum Gasteiger partial charge on any atom is -0.324 e. The maximum Gasteiger partial charge on any atom is 0.0295 e. The Morgan fingerprint density at radius 2 is 2.23 bits per heavy atom. The average Bonchev–Trinajstić information content (AvgIpc) is 2.14. The van der Waals surface area contributed by atoms with Crippen molar-refractivity contribution in [2.24, 2.45) is 5.73 Å². The van der Waals surface area contributed by atoms with Crippen LogP contribution in [0.2, 0.25) is 0 Å². The van der Waals surface area contributed by atoms with Crippen molar-refractivity contribution in [2.45, 2.75) is 37.1 Å². The monoisotopic (exact) mass is 195 g/mol. The summed E-state index contributed by atoms with van der Waals surface area (Å²) in [6.45, 7) is 2.18. The van der Waals surface area contributed by atoms with Crippen LogP contribution in [0.3, 0.4) is 0 Å². The third-order valence-corrected chi connectivity index (χ3v) is 2.45. The van der Waals surface area contributed by atoms with Crippen molar-refractivity contribution >= 4 is 12.6 Å². The van der Waals surface area contributed by atoms with Gasteiger partial charge in [-0.05, 0) is 24.1 Å². The standard InChI is InChI=1S/C11H17NS/c1-2-3-7-11(12)9-5-4-6-10(13)8-9/h4-6,8,11,13H,2-3,7,12H2,1H3. The molecule has 0 saturated carbocycles. The minimum atomic E-state index is 0.173. The highest BCUT2D eigenvalue weighted by Crippen LogP contribution is 2.19. The van der Waals surface area contributed by atoms with Gasteiger partial charge in [0.15, 0.2) is 0 Å². The lowest BCUT2D eigenvalue weighted by molar-refractivity contribution is 0.602. The molecule has 1 aromatic rings. The third-order valence-electron chi connectivity index (χ3n) is 2.17. The van der Waals surface area contributed by atoms with Crippen LogP contribution in [-0.2, 0) is 0 Å². The van der Waals surface area contributed by atoms with E-state index in [-0.39, 0.29) is 6.04 Å². The Morgan fingerprint density at radius 1 is 1.46 bits per heavy atom. The van der Waals surface area contributed by atoms with Crippen LogP contribution in [0.1, 0.15) is 37.8 Å². The second kappa shape index (κ2) is 5.30. The van der Waals surface area contributed by atoms with Crippen molar-refractivity contribution in [3.63, 3.8) is 0 Å². The van der Waals surface area contributed by atoms with Gasteiger partial charge in [0, 0.05) is 10.9 Å². The summed E-state index contributed by atoms with van der Waals surface area (Å²) < 4.78 is 0. The van der Waals surface area contributed by atoms with Gasteiger partial charge in [0.2, 0.25) is 0 Å². The summed E-state index contributed by atoms with van der Waals surface area (Å²) in [7, 11) is 0. The number of thiol groups is 1. The topological polar surface area (TPSA) is 26.0 Å². The van der Waals surface area contributed by atoms with Gasteiger partial charge >= 0.3 is 0 Å². The van der Waals surface area contributed by atoms with Crippen molar-refractivity contribution in [1.29, 1.82) is 0 Å². The maximum absolute atomic E-state index is 6.02. The number of hydrogen-bond donors (Lipinski definition) is 2. The van der Waals surface area contributed by atoms with Crippen molar-refractivity contribution in [3.05, 3.63) is 29.8 Å². The molecule has 0 spiro atoms. The fraction of sp³-hybridized carbons (Fsp3) is 0.455. The third kappa shape index (κ3) is 3.41. The van der Waals surface area contributed by atoms with Crippen LogP contribution in [0.15, 0.2) is 29.2 Å². The highest BCUT2D eigenvalue weighted by atomic mass is 32.1. The molecular weight excluding hydrogens is 178 g/mol. The van der Waals surface area contributed by atoms with Gasteiger partial charge in [-0.3, -0.25) is 0 Å². The fourth-order valence-corrected chi connectivity index (χ4v) is 1.58. The highest BCUT2D eigenvalue weighted by molar-refractivity contribution is 7.80. The zero-order chi connectivity index (χ0) is 9.68. The first kappa shape index (κ1) is 10.6. The largest absolute Gasteiger partial charge is 0.324 e. The number of benzene rings is 1. The molecule has 1 rings (SSSR count). The number of nitrogens with two attached hydrogens (primary N) is 1. The summed E-state index contributed by atoms with van der Waals surface area (Å²) in [6.07, 6.45) is 3.46. The maximum atomic E-state index is 6.02. The van der Waals surface area contributed by atoms with Gasteiger partial charge < -0.3 is 5.73 Å². The molecule has 0 aromatic heterocycles. The van der Waals surface area contributed by atoms with E-state index in [1.165, 1.54) is 18.4 Å². The normalized spacial score (nSPS) is 12.8. The molecule has 2 heteroatoms. The van der Waals surface area contributed by atoms with Crippen molar-refractivity contribution in [2.75, 3.05) is 0 Å². The summed E-state index contributed by atoms with van der Waals surface area (Å²) in [5, 5.41) is 0. The molecule has 0 bridgehead atoms. The molecule has 1 nitrogen and oxygen atoms in total. The number of unbranched alkanes of at least 4 members (excludes halogenated alkanes) is 1. The Balaban J connectivity index is 2.60. The molecule has 1 atom stereocenters. The number of rotatable bonds is 4. The lowest BCUT2D eigenvalue weighted by Gasteiger charge is -2.11. The van der Waals surface area contributed by atoms with Crippen LogP contribution in [0.25, 0.3) is 0 Å². The molecule has 1 unspecified atom stereocenters. The van der Waals surface area contributed by atoms with Crippen LogP contribution in [0.5, 0.6) is 0 Å². The first-order valence-corrected chi connectivity index (χ1v) is 5.23. The molecule has 13 heavy (non-hydrogen) atoms. The number of hydrogen-bond acceptors (Lipinski definition) is 2. The zero-order valence-electron chi connectivity index (χ0n) is 8.03. The summed E-state index contributed by atoms with van der Waals surface area (Å²) in [5.74, 6) is 0. The van der Waals surface area contributed by atoms with E-state index in [4.69, 9.17) is 5.73 Å². The van der Waals surface area contributed by atoms with E-state index in [2.05, 4.69) is 25.6 Å². The molecule has 0 saturated heterocycles. The smallest absolute Gasteiger partial charge is 0.0295 e. The first-order chi connectivity index (χ1) is 6.24. The Hall–Kier alpha value is -0.470. The van der Waals surface area contributed by atoms with Gasteiger partial charge in [0.1, 0.15) is 0 Å². The van der Waals surface area contributed by atoms with E-state index in [1.54, 1.807) is 0 Å². The van der Waals surface area contributed by atoms with Crippen LogP contribution in [-0.4, -0.2) is 0 Å². The molecule has 0 amide bonds. The fourth-order valence-electron chi connectivity index (χ4n) is 1.35. The highest BCUT2D eigenvalue weighted by Gasteiger charge is 2.04. The summed E-state index contributed by atoms with van der Waals surface area (Å²) >= 11 is 4.28. The Kier molecular flexibility index (Phi) is 4.33. The molecule has 0 heterocycles. The predicted octanol–water partition coefficient (Wildman–Crippen LogP) is 3.17. The molecule has 0 aliphatic heterocycles. The van der Waals surface area contributed by atoms with Gasteiger partial charge in [-0.1, -0.05) is 31.9 Å².